The topological polar surface area (TPSA) is 155 Å². The lowest BCUT2D eigenvalue weighted by atomic mass is 10.0. The minimum absolute atomic E-state index is 0.00409. The average molecular weight is 691 g/mol. The summed E-state index contributed by atoms with van der Waals surface area (Å²) in [5.74, 6) is -2.15. The van der Waals surface area contributed by atoms with Crippen LogP contribution >= 0.6 is 0 Å². The lowest BCUT2D eigenvalue weighted by Crippen LogP contribution is -2.54. The number of benzene rings is 3. The molecule has 51 heavy (non-hydrogen) atoms. The molecule has 0 aliphatic carbocycles. The molecular formula is C38H35FN6O6. The number of fused-ring (bicyclic) bond motifs is 1. The number of imide groups is 2. The predicted molar refractivity (Wildman–Crippen MR) is 184 cm³/mol. The van der Waals surface area contributed by atoms with Crippen LogP contribution in [0.3, 0.4) is 0 Å². The highest BCUT2D eigenvalue weighted by molar-refractivity contribution is 6.23. The first-order chi connectivity index (χ1) is 24.6. The van der Waals surface area contributed by atoms with Crippen molar-refractivity contribution in [3.63, 3.8) is 0 Å². The standard InChI is InChI=1S/C38H35FN6O6/c1-43(21-23-9-12-27-32(33(23)39)38(50)45(37(27)49)29-14-16-31(46)42-36(29)48)24-17-19-44(20-18-24)30-15-13-28(35(40)47)34(41-30)22-7-10-26(11-8-22)51-25-5-3-2-4-6-25/h2-13,15,24,29H,14,16-21H2,1H3,(H2,40,47)(H,42,46,48). The summed E-state index contributed by atoms with van der Waals surface area (Å²) in [5.41, 5.74) is 7.05. The highest BCUT2D eigenvalue weighted by Crippen LogP contribution is 2.33. The van der Waals surface area contributed by atoms with Crippen LogP contribution in [0.15, 0.2) is 78.9 Å². The smallest absolute Gasteiger partial charge is 0.265 e. The zero-order valence-corrected chi connectivity index (χ0v) is 27.8. The number of carbonyl (C=O) groups excluding carboxylic acids is 5. The number of amides is 5. The maximum absolute atomic E-state index is 15.9. The Labute approximate surface area is 293 Å². The van der Waals surface area contributed by atoms with Crippen molar-refractivity contribution < 1.29 is 33.1 Å². The number of nitrogens with zero attached hydrogens (tertiary/aromatic N) is 4. The Morgan fingerprint density at radius 3 is 2.31 bits per heavy atom. The molecule has 3 N–H and O–H groups in total. The molecule has 4 heterocycles. The molecule has 0 radical (unpaired) electrons. The summed E-state index contributed by atoms with van der Waals surface area (Å²) in [5, 5.41) is 2.15. The number of primary amides is 1. The van der Waals surface area contributed by atoms with Crippen LogP contribution in [0.4, 0.5) is 10.2 Å². The third-order valence-electron chi connectivity index (χ3n) is 9.71. The van der Waals surface area contributed by atoms with Gasteiger partial charge in [-0.25, -0.2) is 9.37 Å². The molecule has 4 aromatic rings. The van der Waals surface area contributed by atoms with Crippen molar-refractivity contribution in [1.29, 1.82) is 0 Å². The molecule has 3 aliphatic rings. The summed E-state index contributed by atoms with van der Waals surface area (Å²) >= 11 is 0. The first-order valence-corrected chi connectivity index (χ1v) is 16.7. The number of nitrogens with two attached hydrogens (primary N) is 1. The molecule has 12 nitrogen and oxygen atoms in total. The lowest BCUT2D eigenvalue weighted by Gasteiger charge is -2.37. The van der Waals surface area contributed by atoms with Gasteiger partial charge in [0.15, 0.2) is 0 Å². The van der Waals surface area contributed by atoms with E-state index in [2.05, 4.69) is 10.2 Å². The Morgan fingerprint density at radius 1 is 0.922 bits per heavy atom. The van der Waals surface area contributed by atoms with E-state index in [0.29, 0.717) is 41.7 Å². The molecule has 0 saturated carbocycles. The van der Waals surface area contributed by atoms with E-state index >= 15 is 4.39 Å². The number of piperidine rings is 2. The number of hydrogen-bond donors (Lipinski definition) is 2. The molecule has 3 aromatic carbocycles. The van der Waals surface area contributed by atoms with E-state index in [1.54, 1.807) is 12.1 Å². The predicted octanol–water partition coefficient (Wildman–Crippen LogP) is 4.28. The molecule has 7 rings (SSSR count). The van der Waals surface area contributed by atoms with Gasteiger partial charge in [0.25, 0.3) is 17.7 Å². The van der Waals surface area contributed by atoms with E-state index in [1.807, 2.05) is 66.5 Å². The SMILES string of the molecule is CN(Cc1ccc2c(c1F)C(=O)N(C1CCC(=O)NC1=O)C2=O)C1CCN(c2ccc(C(N)=O)c(-c3ccc(Oc4ccccc4)cc3)n2)CC1. The number of aromatic nitrogens is 1. The van der Waals surface area contributed by atoms with Gasteiger partial charge < -0.3 is 15.4 Å². The summed E-state index contributed by atoms with van der Waals surface area (Å²) in [7, 11) is 1.89. The molecule has 1 atom stereocenters. The van der Waals surface area contributed by atoms with Crippen LogP contribution in [0.5, 0.6) is 11.5 Å². The van der Waals surface area contributed by atoms with Gasteiger partial charge in [-0.1, -0.05) is 24.3 Å². The summed E-state index contributed by atoms with van der Waals surface area (Å²) in [4.78, 5) is 72.4. The van der Waals surface area contributed by atoms with E-state index in [9.17, 15) is 24.0 Å². The second kappa shape index (κ2) is 13.8. The van der Waals surface area contributed by atoms with E-state index in [0.717, 1.165) is 23.3 Å². The molecule has 2 fully saturated rings. The van der Waals surface area contributed by atoms with Gasteiger partial charge in [0.1, 0.15) is 29.2 Å². The van der Waals surface area contributed by atoms with Gasteiger partial charge in [-0.2, -0.15) is 0 Å². The Balaban J connectivity index is 1.01. The second-order valence-corrected chi connectivity index (χ2v) is 12.9. The van der Waals surface area contributed by atoms with Crippen molar-refractivity contribution >= 4 is 35.4 Å². The van der Waals surface area contributed by atoms with Crippen molar-refractivity contribution in [3.8, 4) is 22.8 Å². The minimum atomic E-state index is -1.16. The van der Waals surface area contributed by atoms with Crippen LogP contribution in [0.1, 0.15) is 62.3 Å². The highest BCUT2D eigenvalue weighted by Gasteiger charge is 2.46. The van der Waals surface area contributed by atoms with Crippen LogP contribution in [-0.2, 0) is 16.1 Å². The van der Waals surface area contributed by atoms with Crippen LogP contribution in [0.25, 0.3) is 11.3 Å². The number of nitrogens with one attached hydrogen (secondary N) is 1. The van der Waals surface area contributed by atoms with Gasteiger partial charge >= 0.3 is 0 Å². The van der Waals surface area contributed by atoms with Crippen LogP contribution in [0.2, 0.25) is 0 Å². The Hall–Kier alpha value is -5.95. The quantitative estimate of drug-likeness (QED) is 0.245. The molecule has 0 spiro atoms. The molecule has 0 bridgehead atoms. The number of ether oxygens (including phenoxy) is 1. The monoisotopic (exact) mass is 690 g/mol. The Bertz CT molecular complexity index is 2050. The fraction of sp³-hybridized carbons (Fsp3) is 0.263. The summed E-state index contributed by atoms with van der Waals surface area (Å²) in [6.07, 6.45) is 1.46. The van der Waals surface area contributed by atoms with Crippen LogP contribution in [0, 0.1) is 5.82 Å². The summed E-state index contributed by atoms with van der Waals surface area (Å²) in [6.45, 7) is 1.51. The first kappa shape index (κ1) is 33.5. The fourth-order valence-corrected chi connectivity index (χ4v) is 6.97. The minimum Gasteiger partial charge on any atom is -0.457 e. The first-order valence-electron chi connectivity index (χ1n) is 16.7. The van der Waals surface area contributed by atoms with Gasteiger partial charge in [-0.15, -0.1) is 0 Å². The van der Waals surface area contributed by atoms with Crippen LogP contribution < -0.4 is 20.7 Å². The molecular weight excluding hydrogens is 655 g/mol. The molecule has 5 amide bonds. The zero-order chi connectivity index (χ0) is 35.8. The Kier molecular flexibility index (Phi) is 9.04. The summed E-state index contributed by atoms with van der Waals surface area (Å²) < 4.78 is 21.8. The molecule has 1 aromatic heterocycles. The van der Waals surface area contributed by atoms with Crippen molar-refractivity contribution in [2.24, 2.45) is 5.73 Å². The molecule has 3 aliphatic heterocycles. The third kappa shape index (κ3) is 6.55. The molecule has 260 valence electrons. The van der Waals surface area contributed by atoms with Crippen molar-refractivity contribution in [1.82, 2.24) is 20.1 Å². The average Bonchev–Trinajstić information content (AvgIpc) is 3.39. The van der Waals surface area contributed by atoms with Gasteiger partial charge in [-0.3, -0.25) is 39.1 Å². The number of rotatable bonds is 9. The van der Waals surface area contributed by atoms with Crippen molar-refractivity contribution in [3.05, 3.63) is 107 Å². The third-order valence-corrected chi connectivity index (χ3v) is 9.71. The van der Waals surface area contributed by atoms with Crippen molar-refractivity contribution in [2.45, 2.75) is 44.3 Å². The van der Waals surface area contributed by atoms with E-state index in [-0.39, 0.29) is 42.1 Å². The maximum Gasteiger partial charge on any atom is 0.265 e. The second-order valence-electron chi connectivity index (χ2n) is 12.9. The number of carbonyl (C=O) groups is 5. The normalized spacial score (nSPS) is 17.9. The number of pyridine rings is 1. The van der Waals surface area contributed by atoms with Gasteiger partial charge in [0, 0.05) is 43.2 Å². The van der Waals surface area contributed by atoms with Gasteiger partial charge in [0.05, 0.1) is 22.4 Å². The van der Waals surface area contributed by atoms with E-state index in [1.165, 1.54) is 12.1 Å². The number of para-hydroxylation sites is 1. The lowest BCUT2D eigenvalue weighted by molar-refractivity contribution is -0.136. The van der Waals surface area contributed by atoms with Crippen molar-refractivity contribution in [2.75, 3.05) is 25.0 Å². The zero-order valence-electron chi connectivity index (χ0n) is 27.8. The molecule has 2 saturated heterocycles. The summed E-state index contributed by atoms with van der Waals surface area (Å²) in [6, 6.07) is 22.1. The van der Waals surface area contributed by atoms with E-state index < -0.39 is 41.4 Å². The van der Waals surface area contributed by atoms with Gasteiger partial charge in [0.2, 0.25) is 11.8 Å². The fourth-order valence-electron chi connectivity index (χ4n) is 6.97. The largest absolute Gasteiger partial charge is 0.457 e. The molecule has 13 heteroatoms. The highest BCUT2D eigenvalue weighted by atomic mass is 19.1. The Morgan fingerprint density at radius 2 is 1.63 bits per heavy atom. The molecule has 1 unspecified atom stereocenters. The van der Waals surface area contributed by atoms with Gasteiger partial charge in [-0.05, 0) is 80.9 Å². The number of anilines is 1. The maximum atomic E-state index is 15.9. The number of hydrogen-bond acceptors (Lipinski definition) is 9. The van der Waals surface area contributed by atoms with Crippen LogP contribution in [-0.4, -0.2) is 76.5 Å². The number of halogens is 1. The van der Waals surface area contributed by atoms with E-state index in [4.69, 9.17) is 15.5 Å².